The Morgan fingerprint density at radius 2 is 1.94 bits per heavy atom. The van der Waals surface area contributed by atoms with Crippen molar-refractivity contribution in [3.8, 4) is 5.75 Å². The van der Waals surface area contributed by atoms with Gasteiger partial charge in [-0.3, -0.25) is 25.2 Å². The molecule has 1 fully saturated rings. The Labute approximate surface area is 199 Å². The Morgan fingerprint density at radius 1 is 1.15 bits per heavy atom. The van der Waals surface area contributed by atoms with E-state index in [9.17, 15) is 20.2 Å². The average Bonchev–Trinajstić information content (AvgIpc) is 2.83. The molecule has 180 valence electrons. The molecule has 0 spiro atoms. The Kier molecular flexibility index (Phi) is 6.68. The summed E-state index contributed by atoms with van der Waals surface area (Å²) in [5, 5.41) is 22.6. The maximum atomic E-state index is 11.5. The quantitative estimate of drug-likeness (QED) is 0.254. The van der Waals surface area contributed by atoms with E-state index in [-0.39, 0.29) is 22.5 Å². The Morgan fingerprint density at radius 3 is 2.62 bits per heavy atom. The Bertz CT molecular complexity index is 1130. The predicted molar refractivity (Wildman–Crippen MR) is 131 cm³/mol. The van der Waals surface area contributed by atoms with Gasteiger partial charge in [0.1, 0.15) is 11.4 Å². The molecule has 8 nitrogen and oxygen atoms in total. The van der Waals surface area contributed by atoms with Crippen LogP contribution in [0.15, 0.2) is 41.4 Å². The lowest BCUT2D eigenvalue weighted by atomic mass is 9.54. The number of nitro groups is 2. The molecule has 0 aromatic heterocycles. The number of non-ortho nitro benzene ring substituents is 1. The van der Waals surface area contributed by atoms with Crippen molar-refractivity contribution in [1.29, 1.82) is 0 Å². The lowest BCUT2D eigenvalue weighted by Gasteiger charge is -2.50. The first kappa shape index (κ1) is 23.9. The minimum Gasteiger partial charge on any atom is -0.497 e. The minimum absolute atomic E-state index is 0.162. The number of fused-ring (bicyclic) bond motifs is 3. The zero-order chi connectivity index (χ0) is 24.5. The molecule has 0 radical (unpaired) electrons. The van der Waals surface area contributed by atoms with Crippen LogP contribution in [0.5, 0.6) is 5.75 Å². The second-order valence-corrected chi connectivity index (χ2v) is 9.76. The van der Waals surface area contributed by atoms with Crippen LogP contribution in [-0.4, -0.2) is 23.2 Å². The highest BCUT2D eigenvalue weighted by Crippen LogP contribution is 2.56. The molecule has 0 heterocycles. The van der Waals surface area contributed by atoms with Gasteiger partial charge < -0.3 is 4.74 Å². The lowest BCUT2D eigenvalue weighted by molar-refractivity contribution is -0.393. The van der Waals surface area contributed by atoms with E-state index in [1.807, 2.05) is 6.21 Å². The highest BCUT2D eigenvalue weighted by atomic mass is 16.6. The number of aryl methyl sites for hydroxylation is 1. The number of rotatable bonds is 7. The maximum Gasteiger partial charge on any atom is 0.301 e. The Balaban J connectivity index is 1.65. The van der Waals surface area contributed by atoms with Crippen LogP contribution in [0.25, 0.3) is 0 Å². The standard InChI is InChI=1S/C26H31N3O5/c1-4-5-23-22-9-6-17-14-19(34-3)8-10-20(17)21(22)12-13-26(23,2)16-27-24-11-7-18(28(30)31)15-25(24)29(32)33/h7-8,10-11,14-16,21-23H,4-6,9,12-13H2,1-3H3/t21-,22-,23+,26-/m1/s1. The fourth-order valence-electron chi connectivity index (χ4n) is 6.15. The molecule has 4 rings (SSSR count). The zero-order valence-corrected chi connectivity index (χ0v) is 19.9. The fraction of sp³-hybridized carbons (Fsp3) is 0.500. The number of nitrogens with zero attached hydrogens (tertiary/aromatic N) is 3. The molecule has 0 bridgehead atoms. The summed E-state index contributed by atoms with van der Waals surface area (Å²) >= 11 is 0. The number of methoxy groups -OCH3 is 1. The van der Waals surface area contributed by atoms with Gasteiger partial charge in [0.05, 0.1) is 23.0 Å². The van der Waals surface area contributed by atoms with Gasteiger partial charge in [0.15, 0.2) is 0 Å². The molecule has 2 aliphatic carbocycles. The second-order valence-electron chi connectivity index (χ2n) is 9.76. The summed E-state index contributed by atoms with van der Waals surface area (Å²) in [6, 6.07) is 10.1. The molecule has 2 aromatic carbocycles. The van der Waals surface area contributed by atoms with Crippen molar-refractivity contribution in [1.82, 2.24) is 0 Å². The number of aliphatic imine (C=N–C) groups is 1. The van der Waals surface area contributed by atoms with E-state index in [1.54, 1.807) is 7.11 Å². The summed E-state index contributed by atoms with van der Waals surface area (Å²) in [6.07, 6.45) is 8.12. The molecular weight excluding hydrogens is 434 g/mol. The van der Waals surface area contributed by atoms with Crippen LogP contribution in [-0.2, 0) is 6.42 Å². The molecule has 34 heavy (non-hydrogen) atoms. The molecular formula is C26H31N3O5. The van der Waals surface area contributed by atoms with Gasteiger partial charge in [0.25, 0.3) is 5.69 Å². The van der Waals surface area contributed by atoms with Crippen LogP contribution in [0.4, 0.5) is 17.1 Å². The van der Waals surface area contributed by atoms with Crippen molar-refractivity contribution >= 4 is 23.3 Å². The van der Waals surface area contributed by atoms with Gasteiger partial charge >= 0.3 is 5.69 Å². The van der Waals surface area contributed by atoms with Gasteiger partial charge in [-0.2, -0.15) is 0 Å². The van der Waals surface area contributed by atoms with E-state index in [0.717, 1.165) is 50.3 Å². The third-order valence-corrected chi connectivity index (χ3v) is 7.84. The molecule has 0 N–H and O–H groups in total. The predicted octanol–water partition coefficient (Wildman–Crippen LogP) is 6.78. The third-order valence-electron chi connectivity index (χ3n) is 7.84. The zero-order valence-electron chi connectivity index (χ0n) is 19.9. The topological polar surface area (TPSA) is 108 Å². The smallest absolute Gasteiger partial charge is 0.301 e. The molecule has 2 aromatic rings. The molecule has 0 unspecified atom stereocenters. The SMILES string of the molecule is CCC[C@H]1[C@@H]2CCc3cc(OC)ccc3[C@H]2CC[C@]1(C)C=Nc1ccc([N+](=O)[O-])cc1[N+](=O)[O-]. The third kappa shape index (κ3) is 4.41. The van der Waals surface area contributed by atoms with Crippen LogP contribution in [0, 0.1) is 37.5 Å². The monoisotopic (exact) mass is 465 g/mol. The largest absolute Gasteiger partial charge is 0.497 e. The van der Waals surface area contributed by atoms with Gasteiger partial charge in [-0.1, -0.05) is 26.3 Å². The summed E-state index contributed by atoms with van der Waals surface area (Å²) in [4.78, 5) is 25.9. The van der Waals surface area contributed by atoms with E-state index >= 15 is 0 Å². The summed E-state index contributed by atoms with van der Waals surface area (Å²) < 4.78 is 5.43. The van der Waals surface area contributed by atoms with Crippen molar-refractivity contribution in [3.63, 3.8) is 0 Å². The second kappa shape index (κ2) is 9.52. The van der Waals surface area contributed by atoms with Crippen LogP contribution >= 0.6 is 0 Å². The summed E-state index contributed by atoms with van der Waals surface area (Å²) in [5.41, 5.74) is 2.14. The van der Waals surface area contributed by atoms with Gasteiger partial charge in [0.2, 0.25) is 0 Å². The van der Waals surface area contributed by atoms with Gasteiger partial charge in [-0.05, 0) is 79.2 Å². The van der Waals surface area contributed by atoms with Crippen molar-refractivity contribution in [3.05, 3.63) is 67.8 Å². The molecule has 0 aliphatic heterocycles. The average molecular weight is 466 g/mol. The van der Waals surface area contributed by atoms with Crippen molar-refractivity contribution in [2.75, 3.05) is 7.11 Å². The van der Waals surface area contributed by atoms with E-state index in [0.29, 0.717) is 17.8 Å². The van der Waals surface area contributed by atoms with Gasteiger partial charge in [-0.15, -0.1) is 0 Å². The molecule has 0 saturated heterocycles. The summed E-state index contributed by atoms with van der Waals surface area (Å²) in [7, 11) is 1.70. The van der Waals surface area contributed by atoms with Crippen LogP contribution in [0.1, 0.15) is 63.0 Å². The number of hydrogen-bond acceptors (Lipinski definition) is 6. The first-order chi connectivity index (χ1) is 16.3. The van der Waals surface area contributed by atoms with E-state index in [4.69, 9.17) is 4.74 Å². The summed E-state index contributed by atoms with van der Waals surface area (Å²) in [6.45, 7) is 4.41. The first-order valence-electron chi connectivity index (χ1n) is 11.9. The van der Waals surface area contributed by atoms with Gasteiger partial charge in [0, 0.05) is 17.7 Å². The number of hydrogen-bond donors (Lipinski definition) is 0. The molecule has 2 aliphatic rings. The van der Waals surface area contributed by atoms with Crippen LogP contribution in [0.2, 0.25) is 0 Å². The van der Waals surface area contributed by atoms with Crippen molar-refractivity contribution < 1.29 is 14.6 Å². The lowest BCUT2D eigenvalue weighted by Crippen LogP contribution is -2.43. The fourth-order valence-corrected chi connectivity index (χ4v) is 6.15. The maximum absolute atomic E-state index is 11.5. The number of nitro benzene ring substituents is 2. The number of benzene rings is 2. The normalized spacial score (nSPS) is 26.0. The van der Waals surface area contributed by atoms with Crippen molar-refractivity contribution in [2.24, 2.45) is 22.2 Å². The summed E-state index contributed by atoms with van der Waals surface area (Å²) in [5.74, 6) is 2.34. The Hall–Kier alpha value is -3.29. The number of ether oxygens (including phenoxy) is 1. The minimum atomic E-state index is -0.628. The van der Waals surface area contributed by atoms with Crippen LogP contribution in [0.3, 0.4) is 0 Å². The molecule has 1 saturated carbocycles. The van der Waals surface area contributed by atoms with Crippen molar-refractivity contribution in [2.45, 2.75) is 58.3 Å². The first-order valence-corrected chi connectivity index (χ1v) is 11.9. The molecule has 8 heteroatoms. The highest BCUT2D eigenvalue weighted by molar-refractivity contribution is 5.74. The van der Waals surface area contributed by atoms with E-state index < -0.39 is 9.85 Å². The van der Waals surface area contributed by atoms with Gasteiger partial charge in [-0.25, -0.2) is 0 Å². The van der Waals surface area contributed by atoms with E-state index in [2.05, 4.69) is 37.0 Å². The molecule has 4 atom stereocenters. The molecule has 0 amide bonds. The van der Waals surface area contributed by atoms with E-state index in [1.165, 1.54) is 23.3 Å². The highest BCUT2D eigenvalue weighted by Gasteiger charge is 2.47. The van der Waals surface area contributed by atoms with Crippen LogP contribution < -0.4 is 4.74 Å².